The van der Waals surface area contributed by atoms with Crippen LogP contribution in [0, 0.1) is 5.92 Å². The van der Waals surface area contributed by atoms with Crippen molar-refractivity contribution in [2.75, 3.05) is 40.7 Å². The number of hydrogen-bond donors (Lipinski definition) is 1. The number of benzene rings is 1. The van der Waals surface area contributed by atoms with E-state index in [1.165, 1.54) is 6.26 Å². The van der Waals surface area contributed by atoms with E-state index in [0.29, 0.717) is 36.8 Å². The number of ether oxygens (including phenoxy) is 3. The summed E-state index contributed by atoms with van der Waals surface area (Å²) in [5.41, 5.74) is 1.00. The first-order valence-corrected chi connectivity index (χ1v) is 12.5. The molecule has 1 aromatic heterocycles. The fraction of sp³-hybridized carbons (Fsp3) is 0.619. The van der Waals surface area contributed by atoms with Gasteiger partial charge in [-0.2, -0.15) is 0 Å². The van der Waals surface area contributed by atoms with Crippen LogP contribution in [0.5, 0.6) is 17.2 Å². The zero-order valence-corrected chi connectivity index (χ0v) is 20.4. The fourth-order valence-corrected chi connectivity index (χ4v) is 4.79. The van der Waals surface area contributed by atoms with Gasteiger partial charge in [-0.15, -0.1) is 10.2 Å². The van der Waals surface area contributed by atoms with Crippen molar-refractivity contribution in [2.45, 2.75) is 39.4 Å². The monoisotopic (exact) mass is 467 g/mol. The number of nitrogens with one attached hydrogen (secondary N) is 1. The van der Waals surface area contributed by atoms with Gasteiger partial charge in [0, 0.05) is 44.2 Å². The molecule has 11 heteroatoms. The molecule has 0 aliphatic carbocycles. The van der Waals surface area contributed by atoms with Crippen molar-refractivity contribution in [1.82, 2.24) is 24.4 Å². The second-order valence-electron chi connectivity index (χ2n) is 8.28. The molecule has 2 heterocycles. The molecule has 0 bridgehead atoms. The van der Waals surface area contributed by atoms with E-state index in [2.05, 4.69) is 24.4 Å². The lowest BCUT2D eigenvalue weighted by molar-refractivity contribution is 0.263. The Balaban J connectivity index is 1.80. The minimum absolute atomic E-state index is 0.0356. The van der Waals surface area contributed by atoms with Crippen molar-refractivity contribution >= 4 is 10.0 Å². The van der Waals surface area contributed by atoms with Crippen LogP contribution in [0.1, 0.15) is 37.1 Å². The molecule has 0 spiro atoms. The fourth-order valence-electron chi connectivity index (χ4n) is 3.95. The Hall–Kier alpha value is -2.37. The minimum atomic E-state index is -3.38. The zero-order valence-electron chi connectivity index (χ0n) is 19.6. The normalized spacial score (nSPS) is 15.8. The molecule has 3 rings (SSSR count). The molecule has 178 valence electrons. The van der Waals surface area contributed by atoms with Crippen LogP contribution in [0.2, 0.25) is 0 Å². The summed E-state index contributed by atoms with van der Waals surface area (Å²) in [6.07, 6.45) is 1.88. The van der Waals surface area contributed by atoms with E-state index in [-0.39, 0.29) is 5.92 Å². The Bertz CT molecular complexity index is 1040. The maximum absolute atomic E-state index is 11.9. The van der Waals surface area contributed by atoms with Gasteiger partial charge in [0.1, 0.15) is 11.6 Å². The highest BCUT2D eigenvalue weighted by molar-refractivity contribution is 7.88. The molecule has 0 saturated heterocycles. The number of nitrogens with zero attached hydrogens (tertiary/aromatic N) is 4. The summed E-state index contributed by atoms with van der Waals surface area (Å²) in [4.78, 5) is 2.32. The molecule has 0 saturated carbocycles. The van der Waals surface area contributed by atoms with Gasteiger partial charge in [-0.25, -0.2) is 13.1 Å². The SMILES string of the molecule is COc1cc(OC)c(OC)cc1CN1CCc2nnc(C(NS(C)(=O)=O)C(C)C)n2CC1. The number of rotatable bonds is 9. The summed E-state index contributed by atoms with van der Waals surface area (Å²) in [5.74, 6) is 3.58. The second kappa shape index (κ2) is 10.1. The molecule has 1 N–H and O–H groups in total. The first-order valence-electron chi connectivity index (χ1n) is 10.6. The molecule has 0 amide bonds. The summed E-state index contributed by atoms with van der Waals surface area (Å²) < 4.78 is 44.9. The van der Waals surface area contributed by atoms with Crippen LogP contribution in [-0.4, -0.2) is 68.8 Å². The molecule has 0 fully saturated rings. The van der Waals surface area contributed by atoms with Gasteiger partial charge in [0.25, 0.3) is 0 Å². The molecule has 1 unspecified atom stereocenters. The third kappa shape index (κ3) is 5.51. The third-order valence-corrected chi connectivity index (χ3v) is 6.30. The van der Waals surface area contributed by atoms with Gasteiger partial charge in [-0.3, -0.25) is 4.90 Å². The third-order valence-electron chi connectivity index (χ3n) is 5.61. The summed E-state index contributed by atoms with van der Waals surface area (Å²) in [5, 5.41) is 8.71. The predicted octanol–water partition coefficient (Wildman–Crippen LogP) is 1.61. The lowest BCUT2D eigenvalue weighted by Gasteiger charge is -2.23. The molecule has 1 aliphatic heterocycles. The Morgan fingerprint density at radius 2 is 1.66 bits per heavy atom. The molecule has 1 aliphatic rings. The largest absolute Gasteiger partial charge is 0.496 e. The van der Waals surface area contributed by atoms with E-state index < -0.39 is 16.1 Å². The number of hydrogen-bond acceptors (Lipinski definition) is 8. The Morgan fingerprint density at radius 1 is 1.00 bits per heavy atom. The molecular formula is C21H33N5O5S. The Kier molecular flexibility index (Phi) is 7.63. The molecule has 10 nitrogen and oxygen atoms in total. The van der Waals surface area contributed by atoms with Crippen LogP contribution in [0.25, 0.3) is 0 Å². The molecule has 1 atom stereocenters. The van der Waals surface area contributed by atoms with Gasteiger partial charge in [0.2, 0.25) is 10.0 Å². The Labute approximate surface area is 189 Å². The first-order chi connectivity index (χ1) is 15.2. The van der Waals surface area contributed by atoms with Gasteiger partial charge >= 0.3 is 0 Å². The van der Waals surface area contributed by atoms with Crippen molar-refractivity contribution in [3.8, 4) is 17.2 Å². The van der Waals surface area contributed by atoms with Crippen molar-refractivity contribution in [1.29, 1.82) is 0 Å². The smallest absolute Gasteiger partial charge is 0.209 e. The first kappa shape index (κ1) is 24.3. The quantitative estimate of drug-likeness (QED) is 0.593. The van der Waals surface area contributed by atoms with Crippen molar-refractivity contribution in [2.24, 2.45) is 5.92 Å². The van der Waals surface area contributed by atoms with Crippen LogP contribution >= 0.6 is 0 Å². The van der Waals surface area contributed by atoms with Crippen LogP contribution in [0.15, 0.2) is 12.1 Å². The van der Waals surface area contributed by atoms with Crippen LogP contribution in [0.3, 0.4) is 0 Å². The van der Waals surface area contributed by atoms with Gasteiger partial charge < -0.3 is 18.8 Å². The lowest BCUT2D eigenvalue weighted by Crippen LogP contribution is -2.33. The van der Waals surface area contributed by atoms with Crippen molar-refractivity contribution < 1.29 is 22.6 Å². The van der Waals surface area contributed by atoms with Gasteiger partial charge in [-0.05, 0) is 12.0 Å². The van der Waals surface area contributed by atoms with Crippen LogP contribution in [-0.2, 0) is 29.5 Å². The highest BCUT2D eigenvalue weighted by Crippen LogP contribution is 2.35. The predicted molar refractivity (Wildman–Crippen MR) is 121 cm³/mol. The van der Waals surface area contributed by atoms with E-state index in [4.69, 9.17) is 14.2 Å². The van der Waals surface area contributed by atoms with Crippen molar-refractivity contribution in [3.05, 3.63) is 29.3 Å². The standard InChI is InChI=1S/C21H33N5O5S/c1-14(2)20(24-32(6,27)28)21-23-22-19-7-8-25(9-10-26(19)21)13-15-11-17(30-4)18(31-5)12-16(15)29-3/h11-12,14,20,24H,7-10,13H2,1-6H3. The van der Waals surface area contributed by atoms with Crippen LogP contribution < -0.4 is 18.9 Å². The average Bonchev–Trinajstić information content (AvgIpc) is 3.04. The van der Waals surface area contributed by atoms with E-state index in [1.807, 2.05) is 26.0 Å². The van der Waals surface area contributed by atoms with Crippen molar-refractivity contribution in [3.63, 3.8) is 0 Å². The average molecular weight is 468 g/mol. The van der Waals surface area contributed by atoms with E-state index in [1.54, 1.807) is 21.3 Å². The number of sulfonamides is 1. The number of aromatic nitrogens is 3. The maximum atomic E-state index is 11.9. The van der Waals surface area contributed by atoms with E-state index >= 15 is 0 Å². The van der Waals surface area contributed by atoms with Gasteiger partial charge in [-0.1, -0.05) is 13.8 Å². The topological polar surface area (TPSA) is 108 Å². The van der Waals surface area contributed by atoms with Crippen LogP contribution in [0.4, 0.5) is 0 Å². The maximum Gasteiger partial charge on any atom is 0.209 e. The highest BCUT2D eigenvalue weighted by atomic mass is 32.2. The molecule has 32 heavy (non-hydrogen) atoms. The Morgan fingerprint density at radius 3 is 2.25 bits per heavy atom. The molecular weight excluding hydrogens is 434 g/mol. The summed E-state index contributed by atoms with van der Waals surface area (Å²) >= 11 is 0. The highest BCUT2D eigenvalue weighted by Gasteiger charge is 2.28. The summed E-state index contributed by atoms with van der Waals surface area (Å²) in [6, 6.07) is 3.35. The molecule has 1 aromatic carbocycles. The van der Waals surface area contributed by atoms with E-state index in [0.717, 1.165) is 30.2 Å². The number of methoxy groups -OCH3 is 3. The minimum Gasteiger partial charge on any atom is -0.496 e. The lowest BCUT2D eigenvalue weighted by atomic mass is 10.1. The second-order valence-corrected chi connectivity index (χ2v) is 10.1. The number of fused-ring (bicyclic) bond motifs is 1. The summed E-state index contributed by atoms with van der Waals surface area (Å²) in [6.45, 7) is 6.84. The van der Waals surface area contributed by atoms with E-state index in [9.17, 15) is 8.42 Å². The molecule has 0 radical (unpaired) electrons. The zero-order chi connectivity index (χ0) is 23.5. The van der Waals surface area contributed by atoms with Gasteiger partial charge in [0.05, 0.1) is 33.6 Å². The summed E-state index contributed by atoms with van der Waals surface area (Å²) in [7, 11) is 1.47. The molecule has 2 aromatic rings. The van der Waals surface area contributed by atoms with Gasteiger partial charge in [0.15, 0.2) is 17.3 Å².